The molecule has 0 atom stereocenters. The minimum absolute atomic E-state index is 0.0955. The minimum atomic E-state index is -2.51. The molecule has 2 saturated heterocycles. The number of rotatable bonds is 4. The van der Waals surface area contributed by atoms with E-state index in [1.165, 1.54) is 12.8 Å². The number of pyridine rings is 1. The Hall–Kier alpha value is -1.80. The fourth-order valence-electron chi connectivity index (χ4n) is 2.82. The van der Waals surface area contributed by atoms with Crippen LogP contribution in [-0.2, 0) is 4.79 Å². The molecule has 0 unspecified atom stereocenters. The molecular weight excluding hydrogens is 316 g/mol. The molecule has 8 heteroatoms. The number of nitrogens with one attached hydrogen (secondary N) is 2. The van der Waals surface area contributed by atoms with Crippen LogP contribution in [0.5, 0.6) is 0 Å². The molecule has 3 heterocycles. The number of aryl methyl sites for hydroxylation is 1. The third-order valence-corrected chi connectivity index (χ3v) is 4.05. The summed E-state index contributed by atoms with van der Waals surface area (Å²) >= 11 is 0. The van der Waals surface area contributed by atoms with Crippen LogP contribution in [0.4, 0.5) is 14.5 Å². The lowest BCUT2D eigenvalue weighted by Crippen LogP contribution is -2.44. The van der Waals surface area contributed by atoms with Crippen molar-refractivity contribution in [1.29, 1.82) is 0 Å². The van der Waals surface area contributed by atoms with Gasteiger partial charge in [-0.25, -0.2) is 18.8 Å². The molecule has 24 heavy (non-hydrogen) atoms. The Morgan fingerprint density at radius 1 is 1.21 bits per heavy atom. The van der Waals surface area contributed by atoms with E-state index in [4.69, 9.17) is 0 Å². The van der Waals surface area contributed by atoms with E-state index in [9.17, 15) is 13.6 Å². The fraction of sp³-hybridized carbons (Fsp3) is 0.625. The number of hydrogen-bond acceptors (Lipinski definition) is 5. The Kier molecular flexibility index (Phi) is 7.33. The molecule has 0 aliphatic carbocycles. The van der Waals surface area contributed by atoms with Crippen molar-refractivity contribution < 1.29 is 13.6 Å². The predicted octanol–water partition coefficient (Wildman–Crippen LogP) is 1.48. The zero-order chi connectivity index (χ0) is 17.4. The van der Waals surface area contributed by atoms with Crippen LogP contribution >= 0.6 is 0 Å². The molecule has 3 rings (SSSR count). The molecule has 6 nitrogen and oxygen atoms in total. The number of aromatic nitrogens is 1. The summed E-state index contributed by atoms with van der Waals surface area (Å²) in [5, 5.41) is 5.12. The van der Waals surface area contributed by atoms with Crippen LogP contribution in [0.2, 0.25) is 0 Å². The molecule has 2 fully saturated rings. The van der Waals surface area contributed by atoms with Gasteiger partial charge in [-0.3, -0.25) is 10.2 Å². The Bertz CT molecular complexity index is 517. The van der Waals surface area contributed by atoms with Crippen molar-refractivity contribution in [2.45, 2.75) is 26.2 Å². The van der Waals surface area contributed by atoms with Crippen LogP contribution in [0.15, 0.2) is 12.1 Å². The summed E-state index contributed by atoms with van der Waals surface area (Å²) in [6, 6.07) is 3.53. The second-order valence-corrected chi connectivity index (χ2v) is 5.84. The molecule has 0 radical (unpaired) electrons. The maximum absolute atomic E-state index is 12.9. The van der Waals surface area contributed by atoms with Gasteiger partial charge in [0.1, 0.15) is 5.69 Å². The summed E-state index contributed by atoms with van der Waals surface area (Å²) in [4.78, 5) is 15.7. The number of carbonyl (C=O) groups excluding carboxylic acids is 1. The predicted molar refractivity (Wildman–Crippen MR) is 89.0 cm³/mol. The maximum atomic E-state index is 12.9. The molecule has 0 spiro atoms. The Balaban J connectivity index is 0.000000219. The van der Waals surface area contributed by atoms with Crippen LogP contribution < -0.4 is 15.6 Å². The molecule has 0 saturated carbocycles. The van der Waals surface area contributed by atoms with Crippen molar-refractivity contribution in [2.75, 3.05) is 44.2 Å². The van der Waals surface area contributed by atoms with Gasteiger partial charge in [-0.1, -0.05) is 0 Å². The van der Waals surface area contributed by atoms with Crippen molar-refractivity contribution >= 4 is 12.1 Å². The van der Waals surface area contributed by atoms with Crippen molar-refractivity contribution in [3.05, 3.63) is 23.5 Å². The topological polar surface area (TPSA) is 60.5 Å². The molecule has 1 aromatic heterocycles. The van der Waals surface area contributed by atoms with Crippen molar-refractivity contribution in [2.24, 2.45) is 0 Å². The van der Waals surface area contributed by atoms with Gasteiger partial charge in [0.2, 0.25) is 6.41 Å². The van der Waals surface area contributed by atoms with E-state index in [0.29, 0.717) is 11.4 Å². The van der Waals surface area contributed by atoms with Gasteiger partial charge in [0.25, 0.3) is 6.43 Å². The molecule has 1 aromatic rings. The number of hydrogen-bond donors (Lipinski definition) is 2. The summed E-state index contributed by atoms with van der Waals surface area (Å²) in [6.45, 7) is 6.92. The van der Waals surface area contributed by atoms with Gasteiger partial charge in [0, 0.05) is 45.0 Å². The Labute approximate surface area is 141 Å². The zero-order valence-corrected chi connectivity index (χ0v) is 14.0. The fourth-order valence-corrected chi connectivity index (χ4v) is 2.82. The number of hydrazine groups is 1. The highest BCUT2D eigenvalue weighted by atomic mass is 19.3. The van der Waals surface area contributed by atoms with E-state index in [1.54, 1.807) is 19.1 Å². The molecule has 1 amide bonds. The van der Waals surface area contributed by atoms with Gasteiger partial charge >= 0.3 is 0 Å². The van der Waals surface area contributed by atoms with Crippen LogP contribution in [0.1, 0.15) is 30.7 Å². The van der Waals surface area contributed by atoms with E-state index in [1.807, 2.05) is 9.91 Å². The normalized spacial score (nSPS) is 18.2. The van der Waals surface area contributed by atoms with Crippen molar-refractivity contribution in [3.63, 3.8) is 0 Å². The van der Waals surface area contributed by atoms with Crippen LogP contribution in [0, 0.1) is 6.92 Å². The Morgan fingerprint density at radius 3 is 2.46 bits per heavy atom. The zero-order valence-electron chi connectivity index (χ0n) is 14.0. The number of alkyl halides is 2. The summed E-state index contributed by atoms with van der Waals surface area (Å²) < 4.78 is 25.7. The van der Waals surface area contributed by atoms with Crippen LogP contribution in [0.3, 0.4) is 0 Å². The minimum Gasteiger partial charge on any atom is -0.367 e. The molecule has 2 aliphatic heterocycles. The second-order valence-electron chi connectivity index (χ2n) is 5.84. The monoisotopic (exact) mass is 341 g/mol. The second kappa shape index (κ2) is 9.48. The number of amides is 1. The highest BCUT2D eigenvalue weighted by Crippen LogP contribution is 2.28. The average Bonchev–Trinajstić information content (AvgIpc) is 3.10. The third-order valence-electron chi connectivity index (χ3n) is 4.05. The lowest BCUT2D eigenvalue weighted by Gasteiger charge is -2.30. The van der Waals surface area contributed by atoms with E-state index in [0.717, 1.165) is 45.7 Å². The van der Waals surface area contributed by atoms with Gasteiger partial charge in [-0.05, 0) is 31.9 Å². The van der Waals surface area contributed by atoms with Crippen molar-refractivity contribution in [1.82, 2.24) is 20.7 Å². The first kappa shape index (κ1) is 18.5. The van der Waals surface area contributed by atoms with Crippen LogP contribution in [0.25, 0.3) is 0 Å². The quantitative estimate of drug-likeness (QED) is 0.813. The summed E-state index contributed by atoms with van der Waals surface area (Å²) in [6.07, 6.45) is 0.636. The first-order valence-electron chi connectivity index (χ1n) is 8.28. The molecule has 2 N–H and O–H groups in total. The smallest absolute Gasteiger partial charge is 0.282 e. The van der Waals surface area contributed by atoms with Crippen molar-refractivity contribution in [3.8, 4) is 0 Å². The van der Waals surface area contributed by atoms with Crippen LogP contribution in [-0.4, -0.2) is 55.7 Å². The summed E-state index contributed by atoms with van der Waals surface area (Å²) in [5.74, 6) is 0. The number of nitrogens with zero attached hydrogens (tertiary/aromatic N) is 3. The average molecular weight is 341 g/mol. The number of piperazine rings is 1. The van der Waals surface area contributed by atoms with Gasteiger partial charge in [0.15, 0.2) is 0 Å². The van der Waals surface area contributed by atoms with E-state index in [-0.39, 0.29) is 5.69 Å². The lowest BCUT2D eigenvalue weighted by atomic mass is 10.2. The standard InChI is InChI=1S/C11H15F2N3.C5H10N2O/c1-8-2-3-9(10(15-8)11(12)13)16-6-4-14-5-7-16;8-5-6-7-3-1-2-4-7/h2-3,11,14H,4-7H2,1H3;5H,1-4H2,(H,6,8). The Morgan fingerprint density at radius 2 is 1.88 bits per heavy atom. The molecule has 134 valence electrons. The number of halogens is 2. The first-order valence-corrected chi connectivity index (χ1v) is 8.28. The largest absolute Gasteiger partial charge is 0.367 e. The third kappa shape index (κ3) is 5.38. The van der Waals surface area contributed by atoms with Gasteiger partial charge in [-0.15, -0.1) is 0 Å². The molecule has 0 aromatic carbocycles. The summed E-state index contributed by atoms with van der Waals surface area (Å²) in [7, 11) is 0. The number of carbonyl (C=O) groups is 1. The van der Waals surface area contributed by atoms with Gasteiger partial charge in [0.05, 0.1) is 5.69 Å². The molecule has 2 aliphatic rings. The summed E-state index contributed by atoms with van der Waals surface area (Å²) in [5.41, 5.74) is 3.71. The highest BCUT2D eigenvalue weighted by molar-refractivity contribution is 5.52. The van der Waals surface area contributed by atoms with E-state index < -0.39 is 6.43 Å². The maximum Gasteiger partial charge on any atom is 0.282 e. The van der Waals surface area contributed by atoms with Gasteiger partial charge < -0.3 is 10.2 Å². The van der Waals surface area contributed by atoms with Gasteiger partial charge in [-0.2, -0.15) is 0 Å². The number of anilines is 1. The lowest BCUT2D eigenvalue weighted by molar-refractivity contribution is -0.113. The van der Waals surface area contributed by atoms with E-state index >= 15 is 0 Å². The SMILES string of the molecule is Cc1ccc(N2CCNCC2)c(C(F)F)n1.O=CNN1CCCC1. The molecular formula is C16H25F2N5O. The first-order chi connectivity index (χ1) is 11.6. The highest BCUT2D eigenvalue weighted by Gasteiger charge is 2.20. The molecule has 0 bridgehead atoms. The van der Waals surface area contributed by atoms with E-state index in [2.05, 4.69) is 15.7 Å².